The van der Waals surface area contributed by atoms with Gasteiger partial charge in [0.15, 0.2) is 0 Å². The molecule has 4 nitrogen and oxygen atoms in total. The van der Waals surface area contributed by atoms with Crippen LogP contribution in [0.3, 0.4) is 0 Å². The van der Waals surface area contributed by atoms with Crippen LogP contribution in [0, 0.1) is 0 Å². The minimum Gasteiger partial charge on any atom is -0.412 e. The number of pyridine rings is 1. The van der Waals surface area contributed by atoms with Crippen LogP contribution in [-0.2, 0) is 0 Å². The maximum absolute atomic E-state index is 8.82. The van der Waals surface area contributed by atoms with Crippen LogP contribution in [0.4, 0.5) is 0 Å². The van der Waals surface area contributed by atoms with Crippen LogP contribution < -0.4 is 0 Å². The summed E-state index contributed by atoms with van der Waals surface area (Å²) < 4.78 is 0. The van der Waals surface area contributed by atoms with Crippen molar-refractivity contribution >= 4 is 11.0 Å². The van der Waals surface area contributed by atoms with E-state index in [1.165, 1.54) is 6.20 Å². The van der Waals surface area contributed by atoms with Crippen LogP contribution in [0.1, 0.15) is 0 Å². The fraction of sp³-hybridized carbons (Fsp3) is 0. The molecule has 0 amide bonds. The normalized spacial score (nSPS) is 10.4. The third-order valence-electron chi connectivity index (χ3n) is 1.26. The van der Waals surface area contributed by atoms with E-state index in [-0.39, 0.29) is 0 Å². The molecule has 0 aliphatic rings. The average Bonchev–Trinajstić information content (AvgIpc) is 2.27. The zero-order valence-corrected chi connectivity index (χ0v) is 5.10. The largest absolute Gasteiger partial charge is 0.412 e. The molecule has 4 heteroatoms. The zero-order valence-electron chi connectivity index (χ0n) is 5.10. The van der Waals surface area contributed by atoms with Crippen LogP contribution in [-0.4, -0.2) is 20.1 Å². The summed E-state index contributed by atoms with van der Waals surface area (Å²) in [6.45, 7) is 0. The zero-order chi connectivity index (χ0) is 6.97. The molecule has 2 aromatic heterocycles. The van der Waals surface area contributed by atoms with Gasteiger partial charge in [0.25, 0.3) is 0 Å². The third-order valence-corrected chi connectivity index (χ3v) is 1.26. The lowest BCUT2D eigenvalue weighted by Gasteiger charge is -1.79. The van der Waals surface area contributed by atoms with Gasteiger partial charge in [0.05, 0.1) is 6.20 Å². The maximum atomic E-state index is 8.82. The van der Waals surface area contributed by atoms with Gasteiger partial charge in [-0.2, -0.15) is 0 Å². The SMILES string of the molecule is On1cc2ncccc2n1. The van der Waals surface area contributed by atoms with E-state index in [4.69, 9.17) is 5.21 Å². The highest BCUT2D eigenvalue weighted by atomic mass is 16.5. The highest BCUT2D eigenvalue weighted by Crippen LogP contribution is 2.05. The quantitative estimate of drug-likeness (QED) is 0.540. The molecule has 1 N–H and O–H groups in total. The first-order chi connectivity index (χ1) is 4.86. The maximum Gasteiger partial charge on any atom is 0.114 e. The lowest BCUT2D eigenvalue weighted by molar-refractivity contribution is 0.151. The van der Waals surface area contributed by atoms with E-state index in [0.717, 1.165) is 4.85 Å². The Kier molecular flexibility index (Phi) is 0.887. The highest BCUT2D eigenvalue weighted by Gasteiger charge is 1.96. The van der Waals surface area contributed by atoms with E-state index in [1.807, 2.05) is 0 Å². The van der Waals surface area contributed by atoms with Crippen molar-refractivity contribution in [1.29, 1.82) is 0 Å². The molecule has 0 fully saturated rings. The molecule has 0 radical (unpaired) electrons. The van der Waals surface area contributed by atoms with Crippen molar-refractivity contribution in [3.63, 3.8) is 0 Å². The molecule has 0 unspecified atom stereocenters. The average molecular weight is 135 g/mol. The van der Waals surface area contributed by atoms with Gasteiger partial charge in [-0.15, -0.1) is 9.94 Å². The van der Waals surface area contributed by atoms with Crippen LogP contribution >= 0.6 is 0 Å². The van der Waals surface area contributed by atoms with Gasteiger partial charge in [0.1, 0.15) is 11.0 Å². The molecule has 2 aromatic rings. The Balaban J connectivity index is 2.88. The van der Waals surface area contributed by atoms with Crippen molar-refractivity contribution in [3.05, 3.63) is 24.5 Å². The molecular weight excluding hydrogens is 130 g/mol. The number of hydrogen-bond acceptors (Lipinski definition) is 3. The Morgan fingerprint density at radius 3 is 3.10 bits per heavy atom. The fourth-order valence-electron chi connectivity index (χ4n) is 0.842. The Morgan fingerprint density at radius 2 is 2.30 bits per heavy atom. The van der Waals surface area contributed by atoms with E-state index in [9.17, 15) is 0 Å². The molecule has 0 saturated heterocycles. The summed E-state index contributed by atoms with van der Waals surface area (Å²) in [4.78, 5) is 4.72. The standard InChI is InChI=1S/C6H5N3O/c10-9-4-6-5(8-9)2-1-3-7-6/h1-4,10H. The highest BCUT2D eigenvalue weighted by molar-refractivity contribution is 5.72. The molecule has 10 heavy (non-hydrogen) atoms. The van der Waals surface area contributed by atoms with Gasteiger partial charge in [-0.05, 0) is 12.1 Å². The first kappa shape index (κ1) is 5.22. The Hall–Kier alpha value is -1.58. The van der Waals surface area contributed by atoms with Gasteiger partial charge < -0.3 is 5.21 Å². The second-order valence-corrected chi connectivity index (χ2v) is 1.96. The summed E-state index contributed by atoms with van der Waals surface area (Å²) in [5.41, 5.74) is 1.40. The first-order valence-corrected chi connectivity index (χ1v) is 2.86. The number of hydrogen-bond donors (Lipinski definition) is 1. The molecule has 0 aliphatic carbocycles. The summed E-state index contributed by atoms with van der Waals surface area (Å²) in [5.74, 6) is 0. The van der Waals surface area contributed by atoms with Gasteiger partial charge in [0.2, 0.25) is 0 Å². The van der Waals surface area contributed by atoms with Crippen LogP contribution in [0.2, 0.25) is 0 Å². The smallest absolute Gasteiger partial charge is 0.114 e. The topological polar surface area (TPSA) is 50.9 Å². The van der Waals surface area contributed by atoms with E-state index in [1.54, 1.807) is 18.3 Å². The molecule has 0 atom stereocenters. The molecule has 2 heterocycles. The van der Waals surface area contributed by atoms with Crippen LogP contribution in [0.25, 0.3) is 11.0 Å². The van der Waals surface area contributed by atoms with Crippen molar-refractivity contribution < 1.29 is 5.21 Å². The summed E-state index contributed by atoms with van der Waals surface area (Å²) in [6, 6.07) is 3.56. The number of fused-ring (bicyclic) bond motifs is 1. The Labute approximate surface area is 56.7 Å². The molecule has 2 rings (SSSR count). The van der Waals surface area contributed by atoms with Gasteiger partial charge in [-0.1, -0.05) is 0 Å². The number of rotatable bonds is 0. The lowest BCUT2D eigenvalue weighted by atomic mass is 10.4. The van der Waals surface area contributed by atoms with Gasteiger partial charge in [-0.25, -0.2) is 0 Å². The molecular formula is C6H5N3O. The monoisotopic (exact) mass is 135 g/mol. The molecule has 0 bridgehead atoms. The summed E-state index contributed by atoms with van der Waals surface area (Å²) in [6.07, 6.45) is 3.11. The fourth-order valence-corrected chi connectivity index (χ4v) is 0.842. The third kappa shape index (κ3) is 0.621. The Bertz CT molecular complexity index is 322. The van der Waals surface area contributed by atoms with Gasteiger partial charge in [-0.3, -0.25) is 4.98 Å². The van der Waals surface area contributed by atoms with Gasteiger partial charge >= 0.3 is 0 Å². The molecule has 0 aliphatic heterocycles. The van der Waals surface area contributed by atoms with Gasteiger partial charge in [0, 0.05) is 6.20 Å². The molecule has 0 saturated carbocycles. The number of nitrogens with zero attached hydrogens (tertiary/aromatic N) is 3. The first-order valence-electron chi connectivity index (χ1n) is 2.86. The van der Waals surface area contributed by atoms with Crippen molar-refractivity contribution in [2.24, 2.45) is 0 Å². The molecule has 0 spiro atoms. The Morgan fingerprint density at radius 1 is 1.40 bits per heavy atom. The van der Waals surface area contributed by atoms with Crippen LogP contribution in [0.5, 0.6) is 0 Å². The summed E-state index contributed by atoms with van der Waals surface area (Å²) in [7, 11) is 0. The van der Waals surface area contributed by atoms with E-state index in [2.05, 4.69) is 10.1 Å². The van der Waals surface area contributed by atoms with Crippen molar-refractivity contribution in [1.82, 2.24) is 14.9 Å². The number of aromatic nitrogens is 3. The van der Waals surface area contributed by atoms with E-state index >= 15 is 0 Å². The van der Waals surface area contributed by atoms with E-state index in [0.29, 0.717) is 11.0 Å². The van der Waals surface area contributed by atoms with Crippen molar-refractivity contribution in [3.8, 4) is 0 Å². The second-order valence-electron chi connectivity index (χ2n) is 1.96. The van der Waals surface area contributed by atoms with Crippen molar-refractivity contribution in [2.75, 3.05) is 0 Å². The van der Waals surface area contributed by atoms with E-state index < -0.39 is 0 Å². The molecule has 0 aromatic carbocycles. The lowest BCUT2D eigenvalue weighted by Crippen LogP contribution is -1.86. The summed E-state index contributed by atoms with van der Waals surface area (Å²) in [5, 5.41) is 12.5. The van der Waals surface area contributed by atoms with Crippen molar-refractivity contribution in [2.45, 2.75) is 0 Å². The predicted molar refractivity (Wildman–Crippen MR) is 34.7 cm³/mol. The summed E-state index contributed by atoms with van der Waals surface area (Å²) >= 11 is 0. The minimum absolute atomic E-state index is 0.699. The minimum atomic E-state index is 0.699. The van der Waals surface area contributed by atoms with Crippen LogP contribution in [0.15, 0.2) is 24.5 Å². The second kappa shape index (κ2) is 1.70. The molecule has 50 valence electrons. The predicted octanol–water partition coefficient (Wildman–Crippen LogP) is 0.669.